The average molecular weight is 447 g/mol. The standard InChI is InChI=1S/C25H26N4O4/c1-5-28(6-2)19-11-12-22(23(15-19)29(31)32)25(17-7-9-18(10-8-17)27(3)4)21-13-14-26-16-20(21)24(30)33-25/h7-16H,5-6H2,1-4H3. The van der Waals surface area contributed by atoms with Crippen molar-refractivity contribution >= 4 is 23.0 Å². The summed E-state index contributed by atoms with van der Waals surface area (Å²) in [4.78, 5) is 32.8. The van der Waals surface area contributed by atoms with Gasteiger partial charge in [-0.25, -0.2) is 4.79 Å². The molecule has 8 heteroatoms. The maximum absolute atomic E-state index is 12.9. The first-order valence-corrected chi connectivity index (χ1v) is 10.8. The minimum Gasteiger partial charge on any atom is -0.440 e. The minimum absolute atomic E-state index is 0.103. The van der Waals surface area contributed by atoms with E-state index in [-0.39, 0.29) is 5.69 Å². The summed E-state index contributed by atoms with van der Waals surface area (Å²) in [6.07, 6.45) is 3.02. The van der Waals surface area contributed by atoms with E-state index in [1.807, 2.05) is 68.1 Å². The van der Waals surface area contributed by atoms with Gasteiger partial charge < -0.3 is 14.5 Å². The fourth-order valence-electron chi connectivity index (χ4n) is 4.43. The van der Waals surface area contributed by atoms with E-state index >= 15 is 0 Å². The van der Waals surface area contributed by atoms with Gasteiger partial charge in [0, 0.05) is 68.1 Å². The number of carbonyl (C=O) groups is 1. The van der Waals surface area contributed by atoms with Crippen LogP contribution in [0.25, 0.3) is 0 Å². The molecule has 0 saturated carbocycles. The Morgan fingerprint density at radius 2 is 1.67 bits per heavy atom. The molecule has 8 nitrogen and oxygen atoms in total. The Kier molecular flexibility index (Phi) is 5.76. The number of nitro benzene ring substituents is 1. The summed E-state index contributed by atoms with van der Waals surface area (Å²) in [7, 11) is 3.86. The highest BCUT2D eigenvalue weighted by Crippen LogP contribution is 2.50. The van der Waals surface area contributed by atoms with E-state index < -0.39 is 16.5 Å². The Bertz CT molecular complexity index is 1210. The van der Waals surface area contributed by atoms with E-state index in [2.05, 4.69) is 4.98 Å². The van der Waals surface area contributed by atoms with Gasteiger partial charge in [-0.1, -0.05) is 12.1 Å². The summed E-state index contributed by atoms with van der Waals surface area (Å²) in [6.45, 7) is 5.43. The predicted molar refractivity (Wildman–Crippen MR) is 127 cm³/mol. The Balaban J connectivity index is 2.02. The van der Waals surface area contributed by atoms with Gasteiger partial charge in [-0.05, 0) is 44.2 Å². The summed E-state index contributed by atoms with van der Waals surface area (Å²) >= 11 is 0. The lowest BCUT2D eigenvalue weighted by molar-refractivity contribution is -0.386. The molecule has 0 aliphatic carbocycles. The molecule has 1 aliphatic heterocycles. The highest BCUT2D eigenvalue weighted by molar-refractivity contribution is 5.96. The van der Waals surface area contributed by atoms with Gasteiger partial charge in [0.1, 0.15) is 0 Å². The molecule has 0 bridgehead atoms. The van der Waals surface area contributed by atoms with E-state index in [0.29, 0.717) is 35.3 Å². The number of rotatable bonds is 7. The normalized spacial score (nSPS) is 16.8. The van der Waals surface area contributed by atoms with Crippen LogP contribution in [0.3, 0.4) is 0 Å². The molecular weight excluding hydrogens is 420 g/mol. The number of fused-ring (bicyclic) bond motifs is 1. The third-order valence-corrected chi connectivity index (χ3v) is 6.14. The molecule has 0 fully saturated rings. The molecular formula is C25H26N4O4. The van der Waals surface area contributed by atoms with E-state index in [4.69, 9.17) is 4.74 Å². The lowest BCUT2D eigenvalue weighted by Gasteiger charge is -2.31. The Hall–Kier alpha value is -3.94. The molecule has 0 amide bonds. The topological polar surface area (TPSA) is 88.8 Å². The number of nitrogens with zero attached hydrogens (tertiary/aromatic N) is 4. The molecule has 0 radical (unpaired) electrons. The minimum atomic E-state index is -1.45. The smallest absolute Gasteiger partial charge is 0.341 e. The van der Waals surface area contributed by atoms with Crippen molar-refractivity contribution in [2.75, 3.05) is 37.0 Å². The quantitative estimate of drug-likeness (QED) is 0.303. The maximum atomic E-state index is 12.9. The molecule has 1 aromatic heterocycles. The number of hydrogen-bond acceptors (Lipinski definition) is 7. The second-order valence-corrected chi connectivity index (χ2v) is 8.06. The summed E-state index contributed by atoms with van der Waals surface area (Å²) in [5, 5.41) is 12.3. The van der Waals surface area contributed by atoms with Crippen molar-refractivity contribution in [1.29, 1.82) is 0 Å². The molecule has 1 atom stereocenters. The Morgan fingerprint density at radius 1 is 1.00 bits per heavy atom. The largest absolute Gasteiger partial charge is 0.440 e. The molecule has 2 aromatic carbocycles. The molecule has 0 spiro atoms. The zero-order chi connectivity index (χ0) is 23.8. The molecule has 170 valence electrons. The van der Waals surface area contributed by atoms with Crippen LogP contribution >= 0.6 is 0 Å². The third kappa shape index (κ3) is 3.57. The number of aromatic nitrogens is 1. The lowest BCUT2D eigenvalue weighted by atomic mass is 9.79. The zero-order valence-electron chi connectivity index (χ0n) is 19.1. The molecule has 1 aliphatic rings. The van der Waals surface area contributed by atoms with E-state index in [1.165, 1.54) is 6.20 Å². The molecule has 0 saturated heterocycles. The number of pyridine rings is 1. The van der Waals surface area contributed by atoms with Crippen molar-refractivity contribution in [3.8, 4) is 0 Å². The number of esters is 1. The third-order valence-electron chi connectivity index (χ3n) is 6.14. The van der Waals surface area contributed by atoms with E-state index in [9.17, 15) is 14.9 Å². The molecule has 2 heterocycles. The second-order valence-electron chi connectivity index (χ2n) is 8.06. The van der Waals surface area contributed by atoms with Gasteiger partial charge in [0.15, 0.2) is 5.60 Å². The van der Waals surface area contributed by atoms with Crippen LogP contribution in [-0.4, -0.2) is 43.1 Å². The predicted octanol–water partition coefficient (Wildman–Crippen LogP) is 4.36. The van der Waals surface area contributed by atoms with Crippen molar-refractivity contribution in [3.05, 3.63) is 93.3 Å². The summed E-state index contributed by atoms with van der Waals surface area (Å²) in [5.41, 5.74) is 1.92. The van der Waals surface area contributed by atoms with Gasteiger partial charge in [-0.2, -0.15) is 0 Å². The number of benzene rings is 2. The van der Waals surface area contributed by atoms with Crippen LogP contribution in [-0.2, 0) is 10.3 Å². The van der Waals surface area contributed by atoms with Crippen LogP contribution < -0.4 is 9.80 Å². The van der Waals surface area contributed by atoms with Crippen molar-refractivity contribution in [2.45, 2.75) is 19.4 Å². The summed E-state index contributed by atoms with van der Waals surface area (Å²) in [5.74, 6) is -0.558. The van der Waals surface area contributed by atoms with Crippen LogP contribution in [0.4, 0.5) is 17.1 Å². The fourth-order valence-corrected chi connectivity index (χ4v) is 4.43. The van der Waals surface area contributed by atoms with Crippen LogP contribution in [0.15, 0.2) is 60.9 Å². The molecule has 1 unspecified atom stereocenters. The van der Waals surface area contributed by atoms with E-state index in [0.717, 1.165) is 11.4 Å². The number of cyclic esters (lactones) is 1. The lowest BCUT2D eigenvalue weighted by Crippen LogP contribution is -2.31. The first kappa shape index (κ1) is 22.3. The number of hydrogen-bond donors (Lipinski definition) is 0. The van der Waals surface area contributed by atoms with Crippen LogP contribution in [0.1, 0.15) is 40.9 Å². The average Bonchev–Trinajstić information content (AvgIpc) is 3.13. The Labute approximate surface area is 192 Å². The molecule has 33 heavy (non-hydrogen) atoms. The first-order valence-electron chi connectivity index (χ1n) is 10.8. The second kappa shape index (κ2) is 8.54. The van der Waals surface area contributed by atoms with Gasteiger partial charge in [-0.15, -0.1) is 0 Å². The number of nitro groups is 1. The van der Waals surface area contributed by atoms with Crippen LogP contribution in [0, 0.1) is 10.1 Å². The molecule has 3 aromatic rings. The molecule has 4 rings (SSSR count). The fraction of sp³-hybridized carbons (Fsp3) is 0.280. The van der Waals surface area contributed by atoms with Gasteiger partial charge in [0.25, 0.3) is 5.69 Å². The SMILES string of the molecule is CCN(CC)c1ccc(C2(c3ccc(N(C)C)cc3)OC(=O)c3cnccc32)c([N+](=O)[O-])c1. The number of anilines is 2. The van der Waals surface area contributed by atoms with Gasteiger partial charge >= 0.3 is 5.97 Å². The van der Waals surface area contributed by atoms with Crippen molar-refractivity contribution in [1.82, 2.24) is 4.98 Å². The van der Waals surface area contributed by atoms with Crippen molar-refractivity contribution in [2.24, 2.45) is 0 Å². The van der Waals surface area contributed by atoms with Crippen molar-refractivity contribution < 1.29 is 14.5 Å². The van der Waals surface area contributed by atoms with Gasteiger partial charge in [0.2, 0.25) is 0 Å². The summed E-state index contributed by atoms with van der Waals surface area (Å²) in [6, 6.07) is 14.3. The monoisotopic (exact) mass is 446 g/mol. The van der Waals surface area contributed by atoms with E-state index in [1.54, 1.807) is 24.4 Å². The van der Waals surface area contributed by atoms with Crippen LogP contribution in [0.2, 0.25) is 0 Å². The molecule has 0 N–H and O–H groups in total. The highest BCUT2D eigenvalue weighted by Gasteiger charge is 2.51. The zero-order valence-corrected chi connectivity index (χ0v) is 19.1. The number of carbonyl (C=O) groups excluding carboxylic acids is 1. The van der Waals surface area contributed by atoms with Crippen molar-refractivity contribution in [3.63, 3.8) is 0 Å². The van der Waals surface area contributed by atoms with Gasteiger partial charge in [-0.3, -0.25) is 15.1 Å². The highest BCUT2D eigenvalue weighted by atomic mass is 16.6. The van der Waals surface area contributed by atoms with Crippen LogP contribution in [0.5, 0.6) is 0 Å². The maximum Gasteiger partial charge on any atom is 0.341 e. The summed E-state index contributed by atoms with van der Waals surface area (Å²) < 4.78 is 6.03. The number of ether oxygens (including phenoxy) is 1. The first-order chi connectivity index (χ1) is 15.8. The van der Waals surface area contributed by atoms with Gasteiger partial charge in [0.05, 0.1) is 16.1 Å². The Morgan fingerprint density at radius 3 is 2.27 bits per heavy atom.